The van der Waals surface area contributed by atoms with E-state index in [1.165, 1.54) is 0 Å². The predicted molar refractivity (Wildman–Crippen MR) is 41.9 cm³/mol. The summed E-state index contributed by atoms with van der Waals surface area (Å²) in [5.41, 5.74) is 0. The Labute approximate surface area is 63.5 Å². The van der Waals surface area contributed by atoms with Crippen molar-refractivity contribution in [3.8, 4) is 0 Å². The van der Waals surface area contributed by atoms with Crippen molar-refractivity contribution in [1.29, 1.82) is 0 Å². The Morgan fingerprint density at radius 1 is 1.10 bits per heavy atom. The Hall–Kier alpha value is -0.0800. The smallest absolute Gasteiger partial charge is 0.0700 e. The summed E-state index contributed by atoms with van der Waals surface area (Å²) < 4.78 is 10.3. The van der Waals surface area contributed by atoms with Crippen LogP contribution in [0, 0.1) is 6.92 Å². The van der Waals surface area contributed by atoms with Gasteiger partial charge in [0.05, 0.1) is 13.2 Å². The van der Waals surface area contributed by atoms with Gasteiger partial charge < -0.3 is 9.47 Å². The molecule has 61 valence electrons. The molecule has 0 atom stereocenters. The van der Waals surface area contributed by atoms with Crippen LogP contribution in [0.4, 0.5) is 0 Å². The van der Waals surface area contributed by atoms with Gasteiger partial charge >= 0.3 is 0 Å². The highest BCUT2D eigenvalue weighted by atomic mass is 16.5. The molecule has 2 heteroatoms. The molecule has 0 aromatic carbocycles. The minimum atomic E-state index is 0.716. The number of rotatable bonds is 7. The lowest BCUT2D eigenvalue weighted by atomic mass is 10.4. The fourth-order valence-electron chi connectivity index (χ4n) is 0.568. The summed E-state index contributed by atoms with van der Waals surface area (Å²) in [6, 6.07) is 0. The SMILES string of the molecule is [CH2]CCCOCCOCC. The van der Waals surface area contributed by atoms with E-state index in [0.717, 1.165) is 26.1 Å². The lowest BCUT2D eigenvalue weighted by Crippen LogP contribution is -2.04. The van der Waals surface area contributed by atoms with Crippen LogP contribution < -0.4 is 0 Å². The largest absolute Gasteiger partial charge is 0.379 e. The average molecular weight is 145 g/mol. The van der Waals surface area contributed by atoms with Gasteiger partial charge in [-0.05, 0) is 13.3 Å². The molecule has 0 fully saturated rings. The Morgan fingerprint density at radius 3 is 2.40 bits per heavy atom. The Bertz CT molecular complexity index is 47.2. The molecule has 0 aliphatic heterocycles. The minimum absolute atomic E-state index is 0.716. The van der Waals surface area contributed by atoms with Crippen LogP contribution in [0.25, 0.3) is 0 Å². The van der Waals surface area contributed by atoms with Crippen LogP contribution in [0.3, 0.4) is 0 Å². The molecule has 0 aliphatic rings. The molecule has 0 amide bonds. The lowest BCUT2D eigenvalue weighted by Gasteiger charge is -2.01. The van der Waals surface area contributed by atoms with Crippen molar-refractivity contribution in [3.63, 3.8) is 0 Å². The fraction of sp³-hybridized carbons (Fsp3) is 0.875. The van der Waals surface area contributed by atoms with Crippen LogP contribution in [-0.4, -0.2) is 26.4 Å². The van der Waals surface area contributed by atoms with Gasteiger partial charge in [0.15, 0.2) is 0 Å². The summed E-state index contributed by atoms with van der Waals surface area (Å²) in [5.74, 6) is 0. The van der Waals surface area contributed by atoms with Crippen molar-refractivity contribution in [3.05, 3.63) is 6.92 Å². The summed E-state index contributed by atoms with van der Waals surface area (Å²) in [6.07, 6.45) is 2.00. The first kappa shape index (κ1) is 9.92. The summed E-state index contributed by atoms with van der Waals surface area (Å²) >= 11 is 0. The molecule has 10 heavy (non-hydrogen) atoms. The summed E-state index contributed by atoms with van der Waals surface area (Å²) in [4.78, 5) is 0. The van der Waals surface area contributed by atoms with Crippen molar-refractivity contribution in [1.82, 2.24) is 0 Å². The maximum atomic E-state index is 5.21. The summed E-state index contributed by atoms with van der Waals surface area (Å²) in [6.45, 7) is 8.72. The van der Waals surface area contributed by atoms with Gasteiger partial charge in [0.1, 0.15) is 0 Å². The third kappa shape index (κ3) is 7.92. The Morgan fingerprint density at radius 2 is 1.80 bits per heavy atom. The van der Waals surface area contributed by atoms with Gasteiger partial charge in [0.25, 0.3) is 0 Å². The molecule has 0 N–H and O–H groups in total. The lowest BCUT2D eigenvalue weighted by molar-refractivity contribution is 0.0521. The van der Waals surface area contributed by atoms with Crippen molar-refractivity contribution >= 4 is 0 Å². The summed E-state index contributed by atoms with van der Waals surface area (Å²) in [5, 5.41) is 0. The third-order valence-corrected chi connectivity index (χ3v) is 1.11. The quantitative estimate of drug-likeness (QED) is 0.507. The first-order valence-corrected chi connectivity index (χ1v) is 3.86. The van der Waals surface area contributed by atoms with Crippen molar-refractivity contribution < 1.29 is 9.47 Å². The molecule has 0 saturated heterocycles. The van der Waals surface area contributed by atoms with Crippen LogP contribution in [0.1, 0.15) is 19.8 Å². The average Bonchev–Trinajstić information content (AvgIpc) is 1.97. The molecule has 0 aromatic heterocycles. The van der Waals surface area contributed by atoms with E-state index >= 15 is 0 Å². The highest BCUT2D eigenvalue weighted by molar-refractivity contribution is 4.39. The van der Waals surface area contributed by atoms with E-state index in [1.807, 2.05) is 6.92 Å². The minimum Gasteiger partial charge on any atom is -0.379 e. The van der Waals surface area contributed by atoms with Gasteiger partial charge in [0, 0.05) is 13.2 Å². The maximum Gasteiger partial charge on any atom is 0.0700 e. The second-order valence-corrected chi connectivity index (χ2v) is 2.02. The Balaban J connectivity index is 2.65. The Kier molecular flexibility index (Phi) is 8.85. The highest BCUT2D eigenvalue weighted by Gasteiger charge is 1.86. The second-order valence-electron chi connectivity index (χ2n) is 2.02. The van der Waals surface area contributed by atoms with Crippen molar-refractivity contribution in [2.45, 2.75) is 19.8 Å². The normalized spacial score (nSPS) is 10.2. The van der Waals surface area contributed by atoms with Crippen LogP contribution in [-0.2, 0) is 9.47 Å². The molecule has 0 rings (SSSR count). The third-order valence-electron chi connectivity index (χ3n) is 1.11. The molecule has 1 radical (unpaired) electrons. The molecule has 0 saturated carbocycles. The second kappa shape index (κ2) is 8.92. The number of hydrogen-bond acceptors (Lipinski definition) is 2. The van der Waals surface area contributed by atoms with Gasteiger partial charge in [-0.1, -0.05) is 13.3 Å². The van der Waals surface area contributed by atoms with Gasteiger partial charge in [-0.15, -0.1) is 0 Å². The first-order valence-electron chi connectivity index (χ1n) is 3.86. The van der Waals surface area contributed by atoms with E-state index in [-0.39, 0.29) is 0 Å². The predicted octanol–water partition coefficient (Wildman–Crippen LogP) is 1.65. The standard InChI is InChI=1S/C8H17O2/c1-3-5-6-10-8-7-9-4-2/h1,3-8H2,2H3. The zero-order chi connectivity index (χ0) is 7.66. The number of unbranched alkanes of at least 4 members (excludes halogenated alkanes) is 1. The van der Waals surface area contributed by atoms with Crippen molar-refractivity contribution in [2.75, 3.05) is 26.4 Å². The van der Waals surface area contributed by atoms with E-state index in [2.05, 4.69) is 6.92 Å². The van der Waals surface area contributed by atoms with E-state index in [1.54, 1.807) is 0 Å². The number of ether oxygens (including phenoxy) is 2. The highest BCUT2D eigenvalue weighted by Crippen LogP contribution is 1.86. The zero-order valence-electron chi connectivity index (χ0n) is 6.77. The zero-order valence-corrected chi connectivity index (χ0v) is 6.77. The topological polar surface area (TPSA) is 18.5 Å². The monoisotopic (exact) mass is 145 g/mol. The van der Waals surface area contributed by atoms with E-state index in [9.17, 15) is 0 Å². The molecule has 0 unspecified atom stereocenters. The van der Waals surface area contributed by atoms with Gasteiger partial charge in [-0.3, -0.25) is 0 Å². The van der Waals surface area contributed by atoms with E-state index < -0.39 is 0 Å². The van der Waals surface area contributed by atoms with Crippen LogP contribution >= 0.6 is 0 Å². The molecular weight excluding hydrogens is 128 g/mol. The number of hydrogen-bond donors (Lipinski definition) is 0. The van der Waals surface area contributed by atoms with E-state index in [0.29, 0.717) is 13.2 Å². The molecule has 0 spiro atoms. The van der Waals surface area contributed by atoms with Gasteiger partial charge in [-0.25, -0.2) is 0 Å². The first-order chi connectivity index (χ1) is 4.91. The van der Waals surface area contributed by atoms with E-state index in [4.69, 9.17) is 9.47 Å². The van der Waals surface area contributed by atoms with Crippen molar-refractivity contribution in [2.24, 2.45) is 0 Å². The van der Waals surface area contributed by atoms with Crippen LogP contribution in [0.15, 0.2) is 0 Å². The molecule has 0 aliphatic carbocycles. The molecule has 2 nitrogen and oxygen atoms in total. The summed E-state index contributed by atoms with van der Waals surface area (Å²) in [7, 11) is 0. The van der Waals surface area contributed by atoms with Gasteiger partial charge in [0.2, 0.25) is 0 Å². The molecule has 0 heterocycles. The fourth-order valence-corrected chi connectivity index (χ4v) is 0.568. The maximum absolute atomic E-state index is 5.21. The molecule has 0 aromatic rings. The van der Waals surface area contributed by atoms with Gasteiger partial charge in [-0.2, -0.15) is 0 Å². The van der Waals surface area contributed by atoms with Crippen LogP contribution in [0.5, 0.6) is 0 Å². The molecular formula is C8H17O2. The molecule has 0 bridgehead atoms. The van der Waals surface area contributed by atoms with Crippen LogP contribution in [0.2, 0.25) is 0 Å².